The maximum absolute atomic E-state index is 13.8. The van der Waals surface area contributed by atoms with Gasteiger partial charge in [0.25, 0.3) is 0 Å². The molecule has 112 valence electrons. The molecule has 0 saturated carbocycles. The molecule has 2 aromatic rings. The van der Waals surface area contributed by atoms with Crippen LogP contribution in [-0.2, 0) is 10.0 Å². The van der Waals surface area contributed by atoms with Gasteiger partial charge in [-0.05, 0) is 6.42 Å². The molecule has 0 amide bonds. The van der Waals surface area contributed by atoms with E-state index in [1.165, 1.54) is 6.20 Å². The predicted octanol–water partition coefficient (Wildman–Crippen LogP) is 1.50. The lowest BCUT2D eigenvalue weighted by atomic mass is 10.1. The van der Waals surface area contributed by atoms with Crippen LogP contribution in [0.3, 0.4) is 0 Å². The maximum atomic E-state index is 13.8. The molecule has 2 heterocycles. The zero-order valence-corrected chi connectivity index (χ0v) is 12.4. The van der Waals surface area contributed by atoms with Crippen LogP contribution in [0.15, 0.2) is 30.5 Å². The largest absolute Gasteiger partial charge is 0.354 e. The third-order valence-corrected chi connectivity index (χ3v) is 4.36. The summed E-state index contributed by atoms with van der Waals surface area (Å²) in [5.74, 6) is 0.351. The van der Waals surface area contributed by atoms with Gasteiger partial charge in [0.05, 0.1) is 12.5 Å². The molecule has 1 aromatic carbocycles. The lowest BCUT2D eigenvalue weighted by molar-refractivity contribution is 0.567. The Labute approximate surface area is 122 Å². The summed E-state index contributed by atoms with van der Waals surface area (Å²) in [6.45, 7) is 1.23. The molecule has 21 heavy (non-hydrogen) atoms. The molecule has 0 spiro atoms. The van der Waals surface area contributed by atoms with Crippen molar-refractivity contribution in [3.8, 4) is 0 Å². The number of hydrogen-bond donors (Lipinski definition) is 1. The summed E-state index contributed by atoms with van der Waals surface area (Å²) in [6.07, 6.45) is 3.08. The Bertz CT molecular complexity index is 779. The van der Waals surface area contributed by atoms with Crippen molar-refractivity contribution in [2.75, 3.05) is 24.2 Å². The van der Waals surface area contributed by atoms with E-state index in [0.29, 0.717) is 30.7 Å². The molecule has 0 radical (unpaired) electrons. The van der Waals surface area contributed by atoms with Gasteiger partial charge in [-0.3, -0.25) is 0 Å². The fourth-order valence-corrected chi connectivity index (χ4v) is 3.54. The molecule has 0 aliphatic carbocycles. The van der Waals surface area contributed by atoms with Crippen LogP contribution in [0.25, 0.3) is 10.8 Å². The first-order valence-corrected chi connectivity index (χ1v) is 8.59. The minimum absolute atomic E-state index is 0.134. The molecule has 1 aromatic heterocycles. The zero-order valence-electron chi connectivity index (χ0n) is 11.6. The number of nitrogens with one attached hydrogen (secondary N) is 1. The number of benzene rings is 1. The van der Waals surface area contributed by atoms with Gasteiger partial charge in [-0.15, -0.1) is 0 Å². The highest BCUT2D eigenvalue weighted by Gasteiger charge is 2.26. The zero-order chi connectivity index (χ0) is 15.0. The van der Waals surface area contributed by atoms with Crippen LogP contribution in [0.1, 0.15) is 6.42 Å². The van der Waals surface area contributed by atoms with Crippen molar-refractivity contribution in [1.29, 1.82) is 0 Å². The summed E-state index contributed by atoms with van der Waals surface area (Å²) in [7, 11) is -3.22. The Morgan fingerprint density at radius 2 is 2.05 bits per heavy atom. The lowest BCUT2D eigenvalue weighted by Crippen LogP contribution is -2.36. The lowest BCUT2D eigenvalue weighted by Gasteiger charge is -2.19. The Morgan fingerprint density at radius 1 is 1.33 bits per heavy atom. The standard InChI is InChI=1S/C14H16FN3O2S/c1-21(19,20)17-10-6-7-18(9-10)14-12-5-3-2-4-11(12)13(15)8-16-14/h2-5,8,10,17H,6-7,9H2,1H3/t10-/m0/s1. The molecule has 1 saturated heterocycles. The first-order chi connectivity index (χ1) is 9.94. The van der Waals surface area contributed by atoms with Crippen molar-refractivity contribution in [3.63, 3.8) is 0 Å². The van der Waals surface area contributed by atoms with Gasteiger partial charge >= 0.3 is 0 Å². The summed E-state index contributed by atoms with van der Waals surface area (Å²) < 4.78 is 39.0. The Hall–Kier alpha value is -1.73. The quantitative estimate of drug-likeness (QED) is 0.933. The van der Waals surface area contributed by atoms with Gasteiger partial charge in [-0.2, -0.15) is 0 Å². The van der Waals surface area contributed by atoms with Crippen LogP contribution in [0.4, 0.5) is 10.2 Å². The van der Waals surface area contributed by atoms with E-state index in [9.17, 15) is 12.8 Å². The van der Waals surface area contributed by atoms with Gasteiger partial charge in [0.1, 0.15) is 11.6 Å². The Morgan fingerprint density at radius 3 is 2.76 bits per heavy atom. The summed E-state index contributed by atoms with van der Waals surface area (Å²) in [4.78, 5) is 6.18. The third kappa shape index (κ3) is 2.98. The average molecular weight is 309 g/mol. The van der Waals surface area contributed by atoms with Crippen LogP contribution in [-0.4, -0.2) is 38.8 Å². The normalized spacial score (nSPS) is 19.3. The van der Waals surface area contributed by atoms with E-state index in [0.717, 1.165) is 11.6 Å². The minimum atomic E-state index is -3.22. The highest BCUT2D eigenvalue weighted by atomic mass is 32.2. The molecule has 7 heteroatoms. The van der Waals surface area contributed by atoms with Crippen molar-refractivity contribution < 1.29 is 12.8 Å². The molecule has 3 rings (SSSR count). The van der Waals surface area contributed by atoms with Crippen molar-refractivity contribution in [2.24, 2.45) is 0 Å². The molecule has 0 unspecified atom stereocenters. The van der Waals surface area contributed by atoms with E-state index in [4.69, 9.17) is 0 Å². The number of pyridine rings is 1. The number of sulfonamides is 1. The molecule has 1 atom stereocenters. The first-order valence-electron chi connectivity index (χ1n) is 6.69. The monoisotopic (exact) mass is 309 g/mol. The molecule has 1 aliphatic rings. The van der Waals surface area contributed by atoms with Crippen molar-refractivity contribution >= 4 is 26.6 Å². The first kappa shape index (κ1) is 14.2. The van der Waals surface area contributed by atoms with E-state index in [2.05, 4.69) is 9.71 Å². The average Bonchev–Trinajstić information content (AvgIpc) is 2.85. The van der Waals surface area contributed by atoms with Crippen molar-refractivity contribution in [1.82, 2.24) is 9.71 Å². The van der Waals surface area contributed by atoms with E-state index >= 15 is 0 Å². The van der Waals surface area contributed by atoms with E-state index in [1.54, 1.807) is 12.1 Å². The molecular weight excluding hydrogens is 293 g/mol. The van der Waals surface area contributed by atoms with Crippen molar-refractivity contribution in [3.05, 3.63) is 36.3 Å². The van der Waals surface area contributed by atoms with Gasteiger partial charge in [-0.25, -0.2) is 22.5 Å². The summed E-state index contributed by atoms with van der Waals surface area (Å²) in [5.41, 5.74) is 0. The van der Waals surface area contributed by atoms with Gasteiger partial charge in [0, 0.05) is 29.9 Å². The molecule has 1 fully saturated rings. The molecule has 5 nitrogen and oxygen atoms in total. The molecule has 1 N–H and O–H groups in total. The number of halogens is 1. The highest BCUT2D eigenvalue weighted by molar-refractivity contribution is 7.88. The number of fused-ring (bicyclic) bond motifs is 1. The summed E-state index contributed by atoms with van der Waals surface area (Å²) >= 11 is 0. The van der Waals surface area contributed by atoms with E-state index in [-0.39, 0.29) is 11.9 Å². The summed E-state index contributed by atoms with van der Waals surface area (Å²) in [5, 5.41) is 1.28. The van der Waals surface area contributed by atoms with Gasteiger partial charge < -0.3 is 4.90 Å². The topological polar surface area (TPSA) is 62.3 Å². The second kappa shape index (κ2) is 5.23. The maximum Gasteiger partial charge on any atom is 0.209 e. The Balaban J connectivity index is 1.91. The number of aromatic nitrogens is 1. The van der Waals surface area contributed by atoms with Gasteiger partial charge in [0.15, 0.2) is 0 Å². The van der Waals surface area contributed by atoms with Crippen LogP contribution < -0.4 is 9.62 Å². The second-order valence-electron chi connectivity index (χ2n) is 5.30. The number of rotatable bonds is 3. The molecular formula is C14H16FN3O2S. The number of nitrogens with zero attached hydrogens (tertiary/aromatic N) is 2. The second-order valence-corrected chi connectivity index (χ2v) is 7.08. The SMILES string of the molecule is CS(=O)(=O)N[C@H]1CCN(c2ncc(F)c3ccccc23)C1. The van der Waals surface area contributed by atoms with Gasteiger partial charge in [0.2, 0.25) is 10.0 Å². The van der Waals surface area contributed by atoms with E-state index < -0.39 is 10.0 Å². The molecule has 1 aliphatic heterocycles. The Kier molecular flexibility index (Phi) is 3.54. The van der Waals surface area contributed by atoms with Crippen LogP contribution >= 0.6 is 0 Å². The minimum Gasteiger partial charge on any atom is -0.354 e. The number of hydrogen-bond acceptors (Lipinski definition) is 4. The van der Waals surface area contributed by atoms with Crippen LogP contribution in [0.5, 0.6) is 0 Å². The van der Waals surface area contributed by atoms with Crippen LogP contribution in [0.2, 0.25) is 0 Å². The molecule has 0 bridgehead atoms. The van der Waals surface area contributed by atoms with E-state index in [1.807, 2.05) is 17.0 Å². The highest BCUT2D eigenvalue weighted by Crippen LogP contribution is 2.28. The summed E-state index contributed by atoms with van der Waals surface area (Å²) in [6, 6.07) is 7.05. The number of anilines is 1. The fourth-order valence-electron chi connectivity index (χ4n) is 2.75. The van der Waals surface area contributed by atoms with Gasteiger partial charge in [-0.1, -0.05) is 24.3 Å². The fraction of sp³-hybridized carbons (Fsp3) is 0.357. The third-order valence-electron chi connectivity index (χ3n) is 3.59. The smallest absolute Gasteiger partial charge is 0.209 e. The predicted molar refractivity (Wildman–Crippen MR) is 80.3 cm³/mol. The van der Waals surface area contributed by atoms with Crippen LogP contribution in [0, 0.1) is 5.82 Å². The van der Waals surface area contributed by atoms with Crippen molar-refractivity contribution in [2.45, 2.75) is 12.5 Å².